The molecular weight excluding hydrogens is 246 g/mol. The predicted octanol–water partition coefficient (Wildman–Crippen LogP) is 3.16. The maximum absolute atomic E-state index is 5.77. The quantitative estimate of drug-likeness (QED) is 0.792. The molecule has 4 heteroatoms. The zero-order valence-corrected chi connectivity index (χ0v) is 11.4. The summed E-state index contributed by atoms with van der Waals surface area (Å²) in [5.41, 5.74) is 3.37. The Bertz CT molecular complexity index is 528. The molecule has 0 fully saturated rings. The van der Waals surface area contributed by atoms with Crippen molar-refractivity contribution in [1.82, 2.24) is 9.97 Å². The fourth-order valence-corrected chi connectivity index (χ4v) is 1.90. The van der Waals surface area contributed by atoms with Gasteiger partial charge in [0.05, 0.1) is 17.8 Å². The molecule has 2 aromatic rings. The fourth-order valence-electron chi connectivity index (χ4n) is 1.77. The first-order chi connectivity index (χ1) is 8.70. The van der Waals surface area contributed by atoms with Crippen molar-refractivity contribution in [2.24, 2.45) is 0 Å². The first-order valence-corrected chi connectivity index (χ1v) is 6.36. The predicted molar refractivity (Wildman–Crippen MR) is 74.9 cm³/mol. The third kappa shape index (κ3) is 2.99. The van der Waals surface area contributed by atoms with Crippen LogP contribution in [0.5, 0.6) is 0 Å². The Labute approximate surface area is 112 Å². The van der Waals surface area contributed by atoms with E-state index in [-0.39, 0.29) is 0 Å². The van der Waals surface area contributed by atoms with Gasteiger partial charge in [-0.3, -0.25) is 4.98 Å². The molecule has 94 valence electrons. The van der Waals surface area contributed by atoms with Gasteiger partial charge in [-0.1, -0.05) is 24.3 Å². The molecule has 0 aliphatic carbocycles. The summed E-state index contributed by atoms with van der Waals surface area (Å²) in [6.45, 7) is 2.93. The number of aryl methyl sites for hydroxylation is 1. The summed E-state index contributed by atoms with van der Waals surface area (Å²) in [4.78, 5) is 10.7. The highest BCUT2D eigenvalue weighted by molar-refractivity contribution is 6.16. The van der Waals surface area contributed by atoms with E-state index in [1.165, 1.54) is 11.1 Å². The lowest BCUT2D eigenvalue weighted by Crippen LogP contribution is -2.19. The molecule has 0 atom stereocenters. The molecule has 0 saturated carbocycles. The number of anilines is 1. The molecule has 0 unspecified atom stereocenters. The number of alkyl halides is 1. The Morgan fingerprint density at radius 2 is 2.00 bits per heavy atom. The molecule has 1 aromatic carbocycles. The van der Waals surface area contributed by atoms with Crippen molar-refractivity contribution in [2.75, 3.05) is 11.9 Å². The molecule has 1 aromatic heterocycles. The van der Waals surface area contributed by atoms with Crippen molar-refractivity contribution in [3.05, 3.63) is 53.5 Å². The van der Waals surface area contributed by atoms with Gasteiger partial charge in [-0.15, -0.1) is 11.6 Å². The van der Waals surface area contributed by atoms with Crippen molar-refractivity contribution in [3.63, 3.8) is 0 Å². The van der Waals surface area contributed by atoms with Crippen LogP contribution >= 0.6 is 11.6 Å². The van der Waals surface area contributed by atoms with Crippen molar-refractivity contribution in [2.45, 2.75) is 19.3 Å². The number of halogens is 1. The third-order valence-electron chi connectivity index (χ3n) is 2.87. The summed E-state index contributed by atoms with van der Waals surface area (Å²) in [6.07, 6.45) is 3.45. The van der Waals surface area contributed by atoms with Crippen molar-refractivity contribution in [1.29, 1.82) is 0 Å². The largest absolute Gasteiger partial charge is 0.354 e. The van der Waals surface area contributed by atoms with Crippen LogP contribution in [0.1, 0.15) is 16.8 Å². The van der Waals surface area contributed by atoms with E-state index >= 15 is 0 Å². The standard InChI is InChI=1S/C14H16ClN3/c1-11-5-3-4-6-12(11)10-18(2)14-9-16-8-13(7-15)17-14/h3-6,8-9H,7,10H2,1-2H3. The van der Waals surface area contributed by atoms with Gasteiger partial charge in [-0.05, 0) is 18.1 Å². The van der Waals surface area contributed by atoms with E-state index in [9.17, 15) is 0 Å². The zero-order valence-electron chi connectivity index (χ0n) is 10.6. The number of hydrogen-bond donors (Lipinski definition) is 0. The minimum absolute atomic E-state index is 0.388. The van der Waals surface area contributed by atoms with Crippen molar-refractivity contribution in [3.8, 4) is 0 Å². The van der Waals surface area contributed by atoms with E-state index in [0.29, 0.717) is 5.88 Å². The van der Waals surface area contributed by atoms with Gasteiger partial charge in [0.2, 0.25) is 0 Å². The van der Waals surface area contributed by atoms with E-state index in [1.807, 2.05) is 13.1 Å². The van der Waals surface area contributed by atoms with Gasteiger partial charge < -0.3 is 4.90 Å². The topological polar surface area (TPSA) is 29.0 Å². The summed E-state index contributed by atoms with van der Waals surface area (Å²) >= 11 is 5.77. The Kier molecular flexibility index (Phi) is 4.15. The highest BCUT2D eigenvalue weighted by Gasteiger charge is 2.06. The smallest absolute Gasteiger partial charge is 0.147 e. The first-order valence-electron chi connectivity index (χ1n) is 5.83. The van der Waals surface area contributed by atoms with Gasteiger partial charge in [-0.25, -0.2) is 4.98 Å². The van der Waals surface area contributed by atoms with E-state index in [0.717, 1.165) is 18.1 Å². The van der Waals surface area contributed by atoms with E-state index in [2.05, 4.69) is 40.0 Å². The van der Waals surface area contributed by atoms with Gasteiger partial charge in [0.25, 0.3) is 0 Å². The van der Waals surface area contributed by atoms with Crippen LogP contribution < -0.4 is 4.90 Å². The molecule has 0 N–H and O–H groups in total. The lowest BCUT2D eigenvalue weighted by atomic mass is 10.1. The number of nitrogens with zero attached hydrogens (tertiary/aromatic N) is 3. The van der Waals surface area contributed by atoms with Crippen LogP contribution in [0.4, 0.5) is 5.82 Å². The summed E-state index contributed by atoms with van der Waals surface area (Å²) in [5.74, 6) is 1.23. The molecule has 0 amide bonds. The highest BCUT2D eigenvalue weighted by Crippen LogP contribution is 2.15. The summed E-state index contributed by atoms with van der Waals surface area (Å²) in [7, 11) is 2.01. The van der Waals surface area contributed by atoms with Crippen molar-refractivity contribution < 1.29 is 0 Å². The molecule has 0 bridgehead atoms. The number of benzene rings is 1. The number of hydrogen-bond acceptors (Lipinski definition) is 3. The van der Waals surface area contributed by atoms with Gasteiger partial charge in [0.15, 0.2) is 0 Å². The van der Waals surface area contributed by atoms with Crippen LogP contribution in [0, 0.1) is 6.92 Å². The number of aromatic nitrogens is 2. The Morgan fingerprint density at radius 3 is 2.72 bits per heavy atom. The fraction of sp³-hybridized carbons (Fsp3) is 0.286. The molecule has 0 radical (unpaired) electrons. The van der Waals surface area contributed by atoms with Gasteiger partial charge in [-0.2, -0.15) is 0 Å². The lowest BCUT2D eigenvalue weighted by molar-refractivity contribution is 0.874. The lowest BCUT2D eigenvalue weighted by Gasteiger charge is -2.19. The molecule has 0 saturated heterocycles. The van der Waals surface area contributed by atoms with Crippen LogP contribution in [-0.4, -0.2) is 17.0 Å². The van der Waals surface area contributed by atoms with Crippen LogP contribution in [0.15, 0.2) is 36.7 Å². The third-order valence-corrected chi connectivity index (χ3v) is 3.14. The maximum Gasteiger partial charge on any atom is 0.147 e. The molecule has 0 aliphatic heterocycles. The monoisotopic (exact) mass is 261 g/mol. The van der Waals surface area contributed by atoms with E-state index in [4.69, 9.17) is 11.6 Å². The van der Waals surface area contributed by atoms with Crippen LogP contribution in [0.2, 0.25) is 0 Å². The van der Waals surface area contributed by atoms with E-state index in [1.54, 1.807) is 12.4 Å². The van der Waals surface area contributed by atoms with Crippen molar-refractivity contribution >= 4 is 17.4 Å². The molecular formula is C14H16ClN3. The highest BCUT2D eigenvalue weighted by atomic mass is 35.5. The Balaban J connectivity index is 2.16. The SMILES string of the molecule is Cc1ccccc1CN(C)c1cncc(CCl)n1. The van der Waals surface area contributed by atoms with Crippen LogP contribution in [-0.2, 0) is 12.4 Å². The molecule has 2 rings (SSSR count). The summed E-state index contributed by atoms with van der Waals surface area (Å²) < 4.78 is 0. The maximum atomic E-state index is 5.77. The second-order valence-electron chi connectivity index (χ2n) is 4.28. The molecule has 0 spiro atoms. The van der Waals surface area contributed by atoms with Gasteiger partial charge in [0, 0.05) is 19.8 Å². The van der Waals surface area contributed by atoms with Crippen LogP contribution in [0.3, 0.4) is 0 Å². The molecule has 0 aliphatic rings. The Morgan fingerprint density at radius 1 is 1.22 bits per heavy atom. The van der Waals surface area contributed by atoms with Crippen LogP contribution in [0.25, 0.3) is 0 Å². The minimum Gasteiger partial charge on any atom is -0.354 e. The number of rotatable bonds is 4. The zero-order chi connectivity index (χ0) is 13.0. The summed E-state index contributed by atoms with van der Waals surface area (Å²) in [5, 5.41) is 0. The molecule has 18 heavy (non-hydrogen) atoms. The second kappa shape index (κ2) is 5.83. The molecule has 3 nitrogen and oxygen atoms in total. The normalized spacial score (nSPS) is 10.4. The minimum atomic E-state index is 0.388. The average molecular weight is 262 g/mol. The first kappa shape index (κ1) is 12.8. The van der Waals surface area contributed by atoms with Gasteiger partial charge >= 0.3 is 0 Å². The molecule has 1 heterocycles. The van der Waals surface area contributed by atoms with Gasteiger partial charge in [0.1, 0.15) is 5.82 Å². The Hall–Kier alpha value is -1.61. The summed E-state index contributed by atoms with van der Waals surface area (Å²) in [6, 6.07) is 8.35. The average Bonchev–Trinajstić information content (AvgIpc) is 2.41. The van der Waals surface area contributed by atoms with E-state index < -0.39 is 0 Å². The second-order valence-corrected chi connectivity index (χ2v) is 4.55.